The molecule has 0 aliphatic carbocycles. The molecule has 0 saturated heterocycles. The van der Waals surface area contributed by atoms with Crippen LogP contribution in [0.2, 0.25) is 10.0 Å². The topological polar surface area (TPSA) is 62.7 Å². The van der Waals surface area contributed by atoms with Crippen molar-refractivity contribution in [2.24, 2.45) is 0 Å². The van der Waals surface area contributed by atoms with E-state index < -0.39 is 0 Å². The summed E-state index contributed by atoms with van der Waals surface area (Å²) in [7, 11) is 0. The van der Waals surface area contributed by atoms with E-state index in [4.69, 9.17) is 23.2 Å². The fourth-order valence-corrected chi connectivity index (χ4v) is 2.61. The quantitative estimate of drug-likeness (QED) is 0.663. The fraction of sp³-hybridized carbons (Fsp3) is 0.118. The SMILES string of the molecule is Cc1cccc(Nc2cnnc(Nc3ccc(Cl)cc3Cl)n2)c1C. The van der Waals surface area contributed by atoms with Crippen LogP contribution in [0.4, 0.5) is 23.1 Å². The normalized spacial score (nSPS) is 10.5. The number of hydrogen-bond donors (Lipinski definition) is 2. The summed E-state index contributed by atoms with van der Waals surface area (Å²) in [6, 6.07) is 11.2. The van der Waals surface area contributed by atoms with Crippen LogP contribution in [0.3, 0.4) is 0 Å². The van der Waals surface area contributed by atoms with Gasteiger partial charge in [-0.1, -0.05) is 35.3 Å². The number of aryl methyl sites for hydroxylation is 1. The Balaban J connectivity index is 1.82. The Labute approximate surface area is 150 Å². The van der Waals surface area contributed by atoms with Crippen molar-refractivity contribution in [1.29, 1.82) is 0 Å². The van der Waals surface area contributed by atoms with Gasteiger partial charge >= 0.3 is 0 Å². The summed E-state index contributed by atoms with van der Waals surface area (Å²) in [6.45, 7) is 4.12. The van der Waals surface area contributed by atoms with E-state index in [0.29, 0.717) is 27.5 Å². The van der Waals surface area contributed by atoms with Crippen molar-refractivity contribution < 1.29 is 0 Å². The molecule has 0 fully saturated rings. The van der Waals surface area contributed by atoms with Gasteiger partial charge in [0.25, 0.3) is 0 Å². The summed E-state index contributed by atoms with van der Waals surface area (Å²) in [5, 5.41) is 15.3. The molecule has 2 N–H and O–H groups in total. The molecule has 0 spiro atoms. The number of aromatic nitrogens is 3. The van der Waals surface area contributed by atoms with Gasteiger partial charge in [-0.2, -0.15) is 10.1 Å². The predicted octanol–water partition coefficient (Wildman–Crippen LogP) is 5.28. The van der Waals surface area contributed by atoms with E-state index in [2.05, 4.69) is 45.7 Å². The van der Waals surface area contributed by atoms with Gasteiger partial charge < -0.3 is 10.6 Å². The molecular formula is C17H15Cl2N5. The molecule has 1 heterocycles. The molecule has 0 aliphatic rings. The van der Waals surface area contributed by atoms with Crippen molar-refractivity contribution in [2.45, 2.75) is 13.8 Å². The minimum Gasteiger partial charge on any atom is -0.339 e. The molecule has 7 heteroatoms. The van der Waals surface area contributed by atoms with Gasteiger partial charge in [0, 0.05) is 10.7 Å². The molecular weight excluding hydrogens is 345 g/mol. The first-order valence-electron chi connectivity index (χ1n) is 7.28. The number of hydrogen-bond acceptors (Lipinski definition) is 5. The molecule has 2 aromatic carbocycles. The van der Waals surface area contributed by atoms with E-state index in [0.717, 1.165) is 11.3 Å². The van der Waals surface area contributed by atoms with Crippen molar-refractivity contribution in [3.63, 3.8) is 0 Å². The van der Waals surface area contributed by atoms with Crippen molar-refractivity contribution in [1.82, 2.24) is 15.2 Å². The smallest absolute Gasteiger partial charge is 0.249 e. The Kier molecular flexibility index (Phi) is 4.83. The van der Waals surface area contributed by atoms with Gasteiger partial charge in [0.15, 0.2) is 5.82 Å². The molecule has 0 radical (unpaired) electrons. The first kappa shape index (κ1) is 16.5. The average Bonchev–Trinajstić information content (AvgIpc) is 2.55. The van der Waals surface area contributed by atoms with Gasteiger partial charge in [-0.3, -0.25) is 0 Å². The molecule has 3 rings (SSSR count). The largest absolute Gasteiger partial charge is 0.339 e. The van der Waals surface area contributed by atoms with Gasteiger partial charge in [0.1, 0.15) is 0 Å². The number of anilines is 4. The van der Waals surface area contributed by atoms with Crippen LogP contribution < -0.4 is 10.6 Å². The minimum atomic E-state index is 0.342. The van der Waals surface area contributed by atoms with Crippen LogP contribution in [-0.4, -0.2) is 15.2 Å². The molecule has 0 aliphatic heterocycles. The number of benzene rings is 2. The highest BCUT2D eigenvalue weighted by molar-refractivity contribution is 6.36. The summed E-state index contributed by atoms with van der Waals surface area (Å²) >= 11 is 12.0. The third-order valence-corrected chi connectivity index (χ3v) is 4.15. The second-order valence-corrected chi connectivity index (χ2v) is 6.13. The summed E-state index contributed by atoms with van der Waals surface area (Å²) in [6.07, 6.45) is 1.57. The van der Waals surface area contributed by atoms with Crippen LogP contribution in [0, 0.1) is 13.8 Å². The maximum absolute atomic E-state index is 6.15. The molecule has 0 bridgehead atoms. The molecule has 0 atom stereocenters. The van der Waals surface area contributed by atoms with Gasteiger partial charge in [-0.15, -0.1) is 5.10 Å². The van der Waals surface area contributed by atoms with E-state index >= 15 is 0 Å². The fourth-order valence-electron chi connectivity index (χ4n) is 2.15. The third-order valence-electron chi connectivity index (χ3n) is 3.60. The van der Waals surface area contributed by atoms with E-state index in [1.165, 1.54) is 5.56 Å². The maximum Gasteiger partial charge on any atom is 0.249 e. The number of halogens is 2. The summed E-state index contributed by atoms with van der Waals surface area (Å²) in [5.41, 5.74) is 4.00. The second kappa shape index (κ2) is 7.03. The van der Waals surface area contributed by atoms with Crippen molar-refractivity contribution in [3.05, 3.63) is 63.8 Å². The Morgan fingerprint density at radius 3 is 2.58 bits per heavy atom. The Hall–Kier alpha value is -2.37. The van der Waals surface area contributed by atoms with Gasteiger partial charge in [0.05, 0.1) is 16.9 Å². The van der Waals surface area contributed by atoms with Crippen molar-refractivity contribution >= 4 is 46.3 Å². The monoisotopic (exact) mass is 359 g/mol. The van der Waals surface area contributed by atoms with E-state index in [1.807, 2.05) is 12.1 Å². The van der Waals surface area contributed by atoms with Crippen LogP contribution in [0.15, 0.2) is 42.6 Å². The third kappa shape index (κ3) is 3.75. The highest BCUT2D eigenvalue weighted by Crippen LogP contribution is 2.27. The van der Waals surface area contributed by atoms with Crippen molar-refractivity contribution in [3.8, 4) is 0 Å². The molecule has 122 valence electrons. The lowest BCUT2D eigenvalue weighted by molar-refractivity contribution is 0.982. The molecule has 3 aromatic rings. The molecule has 0 unspecified atom stereocenters. The first-order valence-corrected chi connectivity index (χ1v) is 8.03. The second-order valence-electron chi connectivity index (χ2n) is 5.29. The average molecular weight is 360 g/mol. The number of nitrogens with zero attached hydrogens (tertiary/aromatic N) is 3. The van der Waals surface area contributed by atoms with Crippen LogP contribution in [0.25, 0.3) is 0 Å². The first-order chi connectivity index (χ1) is 11.5. The number of nitrogens with one attached hydrogen (secondary N) is 2. The lowest BCUT2D eigenvalue weighted by Gasteiger charge is -2.11. The zero-order chi connectivity index (χ0) is 17.1. The lowest BCUT2D eigenvalue weighted by Crippen LogP contribution is -2.03. The molecule has 5 nitrogen and oxygen atoms in total. The standard InChI is InChI=1S/C17H15Cl2N5/c1-10-4-3-5-14(11(10)2)21-16-9-20-24-17(23-16)22-15-7-6-12(18)8-13(15)19/h3-9H,1-2H3,(H2,21,22,23,24). The van der Waals surface area contributed by atoms with Crippen LogP contribution in [-0.2, 0) is 0 Å². The maximum atomic E-state index is 6.15. The summed E-state index contributed by atoms with van der Waals surface area (Å²) in [4.78, 5) is 4.41. The Morgan fingerprint density at radius 1 is 0.958 bits per heavy atom. The van der Waals surface area contributed by atoms with E-state index in [9.17, 15) is 0 Å². The summed E-state index contributed by atoms with van der Waals surface area (Å²) in [5.74, 6) is 0.931. The van der Waals surface area contributed by atoms with Gasteiger partial charge in [-0.05, 0) is 49.2 Å². The van der Waals surface area contributed by atoms with E-state index in [-0.39, 0.29) is 0 Å². The molecule has 0 amide bonds. The minimum absolute atomic E-state index is 0.342. The molecule has 1 aromatic heterocycles. The highest BCUT2D eigenvalue weighted by Gasteiger charge is 2.07. The van der Waals surface area contributed by atoms with Gasteiger partial charge in [0.2, 0.25) is 5.95 Å². The molecule has 24 heavy (non-hydrogen) atoms. The zero-order valence-corrected chi connectivity index (χ0v) is 14.7. The highest BCUT2D eigenvalue weighted by atomic mass is 35.5. The van der Waals surface area contributed by atoms with Crippen LogP contribution >= 0.6 is 23.2 Å². The number of rotatable bonds is 4. The van der Waals surface area contributed by atoms with E-state index in [1.54, 1.807) is 24.4 Å². The van der Waals surface area contributed by atoms with Crippen LogP contribution in [0.5, 0.6) is 0 Å². The summed E-state index contributed by atoms with van der Waals surface area (Å²) < 4.78 is 0. The van der Waals surface area contributed by atoms with Gasteiger partial charge in [-0.25, -0.2) is 0 Å². The zero-order valence-electron chi connectivity index (χ0n) is 13.1. The predicted molar refractivity (Wildman–Crippen MR) is 98.8 cm³/mol. The Morgan fingerprint density at radius 2 is 1.79 bits per heavy atom. The Bertz CT molecular complexity index is 883. The van der Waals surface area contributed by atoms with Crippen molar-refractivity contribution in [2.75, 3.05) is 10.6 Å². The molecule has 0 saturated carbocycles. The lowest BCUT2D eigenvalue weighted by atomic mass is 10.1. The van der Waals surface area contributed by atoms with Crippen LogP contribution in [0.1, 0.15) is 11.1 Å².